The summed E-state index contributed by atoms with van der Waals surface area (Å²) in [7, 11) is 0. The van der Waals surface area contributed by atoms with Crippen LogP contribution >= 0.6 is 0 Å². The minimum Gasteiger partial charge on any atom is -0.478 e. The number of carbonyl (C=O) groups is 1. The molecule has 0 spiro atoms. The molecule has 2 heteroatoms. The van der Waals surface area contributed by atoms with Crippen molar-refractivity contribution in [2.75, 3.05) is 0 Å². The maximum Gasteiger partial charge on any atom is 0.336 e. The van der Waals surface area contributed by atoms with E-state index in [4.69, 9.17) is 0 Å². The second-order valence-electron chi connectivity index (χ2n) is 8.20. The van der Waals surface area contributed by atoms with Crippen molar-refractivity contribution in [3.8, 4) is 0 Å². The Morgan fingerprint density at radius 1 is 1.00 bits per heavy atom. The molecular weight excluding hydrogens is 356 g/mol. The standard InChI is InChI=1S/C27H34O2/c1-19(2)10-9-11-20(3)14-17-25-21(4)18-24(26(22(25)5)27(28)29)16-15-23-12-7-6-8-13-23/h6-8,10,12-14,18H,9,11,15-17H2,1-5H3,(H,28,29)/b20-14+. The van der Waals surface area contributed by atoms with Gasteiger partial charge in [-0.1, -0.05) is 59.7 Å². The van der Waals surface area contributed by atoms with E-state index in [0.29, 0.717) is 5.56 Å². The van der Waals surface area contributed by atoms with Crippen LogP contribution in [0, 0.1) is 13.8 Å². The molecule has 0 aromatic heterocycles. The molecule has 0 radical (unpaired) electrons. The van der Waals surface area contributed by atoms with E-state index in [9.17, 15) is 9.90 Å². The summed E-state index contributed by atoms with van der Waals surface area (Å²) in [6.07, 6.45) is 9.00. The van der Waals surface area contributed by atoms with E-state index in [1.807, 2.05) is 25.1 Å². The van der Waals surface area contributed by atoms with Crippen LogP contribution in [0.4, 0.5) is 0 Å². The van der Waals surface area contributed by atoms with Gasteiger partial charge < -0.3 is 5.11 Å². The van der Waals surface area contributed by atoms with E-state index in [-0.39, 0.29) is 0 Å². The van der Waals surface area contributed by atoms with Crippen LogP contribution in [0.5, 0.6) is 0 Å². The fraction of sp³-hybridized carbons (Fsp3) is 0.370. The van der Waals surface area contributed by atoms with Crippen molar-refractivity contribution in [3.05, 3.63) is 93.1 Å². The van der Waals surface area contributed by atoms with Crippen molar-refractivity contribution in [2.24, 2.45) is 0 Å². The van der Waals surface area contributed by atoms with Gasteiger partial charge in [-0.05, 0) is 94.5 Å². The van der Waals surface area contributed by atoms with Crippen LogP contribution in [-0.2, 0) is 19.3 Å². The van der Waals surface area contributed by atoms with E-state index in [2.05, 4.69) is 58.0 Å². The first-order valence-electron chi connectivity index (χ1n) is 10.5. The van der Waals surface area contributed by atoms with Gasteiger partial charge in [0.25, 0.3) is 0 Å². The molecule has 0 amide bonds. The van der Waals surface area contributed by atoms with E-state index >= 15 is 0 Å². The molecule has 29 heavy (non-hydrogen) atoms. The van der Waals surface area contributed by atoms with E-state index < -0.39 is 5.97 Å². The van der Waals surface area contributed by atoms with Gasteiger partial charge in [0, 0.05) is 0 Å². The first-order chi connectivity index (χ1) is 13.8. The summed E-state index contributed by atoms with van der Waals surface area (Å²) < 4.78 is 0. The third-order valence-corrected chi connectivity index (χ3v) is 5.50. The zero-order valence-electron chi connectivity index (χ0n) is 18.5. The number of carboxylic acid groups (broad SMARTS) is 1. The van der Waals surface area contributed by atoms with Crippen molar-refractivity contribution >= 4 is 5.97 Å². The fourth-order valence-corrected chi connectivity index (χ4v) is 3.81. The van der Waals surface area contributed by atoms with Gasteiger partial charge in [0.1, 0.15) is 0 Å². The van der Waals surface area contributed by atoms with E-state index in [1.165, 1.54) is 22.3 Å². The predicted octanol–water partition coefficient (Wildman–Crippen LogP) is 7.02. The zero-order chi connectivity index (χ0) is 21.4. The third-order valence-electron chi connectivity index (χ3n) is 5.50. The first-order valence-corrected chi connectivity index (χ1v) is 10.5. The minimum atomic E-state index is -0.823. The number of aromatic carboxylic acids is 1. The van der Waals surface area contributed by atoms with Gasteiger partial charge in [-0.15, -0.1) is 0 Å². The predicted molar refractivity (Wildman–Crippen MR) is 123 cm³/mol. The van der Waals surface area contributed by atoms with Gasteiger partial charge in [0.15, 0.2) is 0 Å². The Morgan fingerprint density at radius 2 is 1.69 bits per heavy atom. The number of allylic oxidation sites excluding steroid dienone is 4. The molecule has 0 bridgehead atoms. The van der Waals surface area contributed by atoms with Crippen LogP contribution in [0.1, 0.15) is 71.8 Å². The van der Waals surface area contributed by atoms with Crippen LogP contribution in [0.25, 0.3) is 0 Å². The molecule has 0 aliphatic heterocycles. The lowest BCUT2D eigenvalue weighted by atomic mass is 9.88. The molecule has 154 valence electrons. The lowest BCUT2D eigenvalue weighted by molar-refractivity contribution is 0.0694. The number of hydrogen-bond acceptors (Lipinski definition) is 1. The van der Waals surface area contributed by atoms with Crippen LogP contribution in [0.2, 0.25) is 0 Å². The SMILES string of the molecule is CC(C)=CCC/C(C)=C/Cc1c(C)cc(CCc2ccccc2)c(C(=O)O)c1C. The summed E-state index contributed by atoms with van der Waals surface area (Å²) in [6.45, 7) is 10.5. The van der Waals surface area contributed by atoms with Crippen molar-refractivity contribution in [1.82, 2.24) is 0 Å². The van der Waals surface area contributed by atoms with Gasteiger partial charge in [-0.2, -0.15) is 0 Å². The molecule has 2 rings (SSSR count). The summed E-state index contributed by atoms with van der Waals surface area (Å²) >= 11 is 0. The number of carboxylic acids is 1. The molecule has 0 heterocycles. The Kier molecular flexibility index (Phi) is 8.45. The van der Waals surface area contributed by atoms with Crippen LogP contribution < -0.4 is 0 Å². The number of hydrogen-bond donors (Lipinski definition) is 1. The molecule has 2 aromatic rings. The Bertz CT molecular complexity index is 898. The van der Waals surface area contributed by atoms with Crippen LogP contribution in [0.15, 0.2) is 59.7 Å². The molecule has 0 saturated carbocycles. The largest absolute Gasteiger partial charge is 0.478 e. The van der Waals surface area contributed by atoms with E-state index in [1.54, 1.807) is 0 Å². The van der Waals surface area contributed by atoms with Crippen molar-refractivity contribution in [1.29, 1.82) is 0 Å². The van der Waals surface area contributed by atoms with E-state index in [0.717, 1.165) is 48.8 Å². The maximum atomic E-state index is 12.0. The smallest absolute Gasteiger partial charge is 0.336 e. The molecule has 1 N–H and O–H groups in total. The Balaban J connectivity index is 2.23. The first kappa shape index (κ1) is 22.7. The molecule has 0 aliphatic carbocycles. The molecule has 0 saturated heterocycles. The fourth-order valence-electron chi connectivity index (χ4n) is 3.81. The molecule has 0 fully saturated rings. The normalized spacial score (nSPS) is 11.4. The third kappa shape index (κ3) is 6.74. The van der Waals surface area contributed by atoms with Crippen molar-refractivity contribution in [3.63, 3.8) is 0 Å². The van der Waals surface area contributed by atoms with Gasteiger partial charge in [0.2, 0.25) is 0 Å². The summed E-state index contributed by atoms with van der Waals surface area (Å²) in [5, 5.41) is 9.88. The molecule has 0 unspecified atom stereocenters. The topological polar surface area (TPSA) is 37.3 Å². The number of rotatable bonds is 9. The maximum absolute atomic E-state index is 12.0. The molecule has 0 aliphatic rings. The highest BCUT2D eigenvalue weighted by Gasteiger charge is 2.18. The average Bonchev–Trinajstić information content (AvgIpc) is 2.66. The summed E-state index contributed by atoms with van der Waals surface area (Å²) in [4.78, 5) is 12.0. The molecular formula is C27H34O2. The summed E-state index contributed by atoms with van der Waals surface area (Å²) in [6, 6.07) is 12.3. The lowest BCUT2D eigenvalue weighted by Gasteiger charge is -2.16. The Labute approximate surface area is 176 Å². The van der Waals surface area contributed by atoms with Gasteiger partial charge >= 0.3 is 5.97 Å². The second kappa shape index (κ2) is 10.8. The second-order valence-corrected chi connectivity index (χ2v) is 8.20. The summed E-state index contributed by atoms with van der Waals surface area (Å²) in [5.74, 6) is -0.823. The van der Waals surface area contributed by atoms with Gasteiger partial charge in [-0.25, -0.2) is 4.79 Å². The van der Waals surface area contributed by atoms with Crippen molar-refractivity contribution < 1.29 is 9.90 Å². The average molecular weight is 391 g/mol. The van der Waals surface area contributed by atoms with Crippen LogP contribution in [-0.4, -0.2) is 11.1 Å². The highest BCUT2D eigenvalue weighted by molar-refractivity contribution is 5.92. The Hall–Kier alpha value is -2.61. The quantitative estimate of drug-likeness (QED) is 0.467. The Morgan fingerprint density at radius 3 is 2.31 bits per heavy atom. The van der Waals surface area contributed by atoms with Crippen molar-refractivity contribution in [2.45, 2.75) is 66.7 Å². The monoisotopic (exact) mass is 390 g/mol. The number of benzene rings is 2. The molecule has 0 atom stereocenters. The van der Waals surface area contributed by atoms with Gasteiger partial charge in [-0.3, -0.25) is 0 Å². The zero-order valence-corrected chi connectivity index (χ0v) is 18.5. The van der Waals surface area contributed by atoms with Crippen LogP contribution in [0.3, 0.4) is 0 Å². The summed E-state index contributed by atoms with van der Waals surface area (Å²) in [5.41, 5.74) is 8.60. The molecule has 2 aromatic carbocycles. The lowest BCUT2D eigenvalue weighted by Crippen LogP contribution is -2.10. The molecule has 2 nitrogen and oxygen atoms in total. The number of aryl methyl sites for hydroxylation is 3. The minimum absolute atomic E-state index is 0.483. The van der Waals surface area contributed by atoms with Gasteiger partial charge in [0.05, 0.1) is 5.56 Å². The highest BCUT2D eigenvalue weighted by atomic mass is 16.4. The highest BCUT2D eigenvalue weighted by Crippen LogP contribution is 2.25.